The number of hydrogen-bond donors (Lipinski definition) is 3. The second-order valence-electron chi connectivity index (χ2n) is 16.9. The molecule has 13 nitrogen and oxygen atoms in total. The zero-order valence-corrected chi connectivity index (χ0v) is 32.3. The Morgan fingerprint density at radius 2 is 1.82 bits per heavy atom. The van der Waals surface area contributed by atoms with Crippen LogP contribution in [-0.2, 0) is 35.6 Å². The molecule has 1 aromatic heterocycles. The van der Waals surface area contributed by atoms with Gasteiger partial charge in [0.25, 0.3) is 5.91 Å². The van der Waals surface area contributed by atoms with Crippen LogP contribution in [-0.4, -0.2) is 82.7 Å². The van der Waals surface area contributed by atoms with E-state index in [4.69, 9.17) is 9.47 Å². The number of carbonyl (C=O) groups is 4. The van der Waals surface area contributed by atoms with Crippen molar-refractivity contribution in [3.05, 3.63) is 47.4 Å². The lowest BCUT2D eigenvalue weighted by Gasteiger charge is -2.36. The molecule has 3 aliphatic heterocycles. The summed E-state index contributed by atoms with van der Waals surface area (Å²) in [5, 5.41) is 6.39. The molecule has 15 heteroatoms. The van der Waals surface area contributed by atoms with Gasteiger partial charge in [0.15, 0.2) is 0 Å². The van der Waals surface area contributed by atoms with Gasteiger partial charge in [-0.3, -0.25) is 19.1 Å². The molecular formula is C40H50FN5O8S. The second kappa shape index (κ2) is 14.0. The largest absolute Gasteiger partial charge is 0.483 e. The number of hydrogen-bond acceptors (Lipinski definition) is 9. The molecule has 296 valence electrons. The van der Waals surface area contributed by atoms with Crippen LogP contribution >= 0.6 is 0 Å². The van der Waals surface area contributed by atoms with Crippen LogP contribution in [0.1, 0.15) is 108 Å². The average molecular weight is 780 g/mol. The summed E-state index contributed by atoms with van der Waals surface area (Å²) in [4.78, 5) is 62.6. The molecule has 8 rings (SSSR count). The predicted molar refractivity (Wildman–Crippen MR) is 200 cm³/mol. The zero-order valence-electron chi connectivity index (χ0n) is 31.5. The van der Waals surface area contributed by atoms with Crippen LogP contribution in [0.2, 0.25) is 0 Å². The summed E-state index contributed by atoms with van der Waals surface area (Å²) in [6.07, 6.45) is 11.7. The van der Waals surface area contributed by atoms with Gasteiger partial charge in [0.2, 0.25) is 21.8 Å². The molecule has 5 atom stereocenters. The first kappa shape index (κ1) is 37.6. The Morgan fingerprint density at radius 1 is 1.05 bits per heavy atom. The minimum Gasteiger partial charge on any atom is -0.483 e. The third-order valence-electron chi connectivity index (χ3n) is 12.8. The topological polar surface area (TPSA) is 173 Å². The van der Waals surface area contributed by atoms with Crippen LogP contribution in [0.3, 0.4) is 0 Å². The Balaban J connectivity index is 1.12. The Labute approximate surface area is 320 Å². The molecule has 1 aromatic carbocycles. The number of ether oxygens (including phenoxy) is 2. The smallest absolute Gasteiger partial charge is 0.408 e. The summed E-state index contributed by atoms with van der Waals surface area (Å²) in [6, 6.07) is 2.33. The van der Waals surface area contributed by atoms with Crippen molar-refractivity contribution in [1.29, 1.82) is 0 Å². The monoisotopic (exact) mass is 779 g/mol. The Hall–Kier alpha value is -4.27. The molecule has 3 N–H and O–H groups in total. The Morgan fingerprint density at radius 3 is 2.58 bits per heavy atom. The van der Waals surface area contributed by atoms with Crippen molar-refractivity contribution in [3.8, 4) is 5.75 Å². The van der Waals surface area contributed by atoms with Crippen molar-refractivity contribution in [2.24, 2.45) is 5.92 Å². The Kier molecular flexibility index (Phi) is 9.61. The number of nitrogens with zero attached hydrogens (tertiary/aromatic N) is 2. The van der Waals surface area contributed by atoms with Gasteiger partial charge in [-0.25, -0.2) is 22.6 Å². The molecule has 6 aliphatic rings. The van der Waals surface area contributed by atoms with E-state index in [-0.39, 0.29) is 25.5 Å². The van der Waals surface area contributed by atoms with Gasteiger partial charge >= 0.3 is 6.09 Å². The molecule has 0 radical (unpaired) electrons. The average Bonchev–Trinajstić information content (AvgIpc) is 3.94. The van der Waals surface area contributed by atoms with Crippen LogP contribution in [0.5, 0.6) is 5.75 Å². The molecule has 0 bridgehead atoms. The molecule has 1 spiro atoms. The number of alkyl carbamates (subject to hydrolysis) is 1. The van der Waals surface area contributed by atoms with Gasteiger partial charge in [-0.15, -0.1) is 0 Å². The maximum absolute atomic E-state index is 14.7. The van der Waals surface area contributed by atoms with Gasteiger partial charge in [0.1, 0.15) is 40.9 Å². The lowest BCUT2D eigenvalue weighted by molar-refractivity contribution is -0.141. The van der Waals surface area contributed by atoms with E-state index in [0.717, 1.165) is 44.1 Å². The molecule has 4 heterocycles. The van der Waals surface area contributed by atoms with Crippen molar-refractivity contribution >= 4 is 44.7 Å². The minimum absolute atomic E-state index is 0.00903. The van der Waals surface area contributed by atoms with Crippen LogP contribution in [0.15, 0.2) is 30.4 Å². The standard InChI is InChI=1S/C40H50FN5O8S/c1-24-33-28(29-20-26(41)14-15-30(29)42-24)16-17-39(54-33)22-32-34(47)44-40(36(49)45-55(51,52)38(2)18-19-38)21-25(40)10-6-4-3-5-7-13-31(35(48)46(32)23-39)43-37(50)53-27-11-8-9-12-27/h6,10,14-15,20,25,27,31-32H,3-5,7-9,11-13,16-19,21-23H2,1-2H3,(H,43,50)(H,44,47)(H,45,49)/b10-6-/t25-,31+,32+,39-,40-/m1/s1. The number of sulfonamides is 1. The highest BCUT2D eigenvalue weighted by Gasteiger charge is 2.64. The van der Waals surface area contributed by atoms with Gasteiger partial charge in [0, 0.05) is 23.3 Å². The molecule has 55 heavy (non-hydrogen) atoms. The molecule has 4 fully saturated rings. The number of benzene rings is 1. The molecule has 1 saturated heterocycles. The number of aryl methyl sites for hydroxylation is 2. The number of amides is 4. The number of aromatic nitrogens is 1. The summed E-state index contributed by atoms with van der Waals surface area (Å²) >= 11 is 0. The quantitative estimate of drug-likeness (QED) is 0.361. The maximum atomic E-state index is 14.7. The summed E-state index contributed by atoms with van der Waals surface area (Å²) in [7, 11) is -4.00. The first-order valence-electron chi connectivity index (χ1n) is 19.8. The fraction of sp³-hybridized carbons (Fsp3) is 0.625. The van der Waals surface area contributed by atoms with E-state index in [0.29, 0.717) is 67.3 Å². The second-order valence-corrected chi connectivity index (χ2v) is 19.1. The lowest BCUT2D eigenvalue weighted by atomic mass is 9.87. The highest BCUT2D eigenvalue weighted by Crippen LogP contribution is 2.49. The molecule has 3 aliphatic carbocycles. The SMILES string of the molecule is Cc1nc2ccc(F)cc2c2c1O[C@]1(CC2)C[C@H]2C(=O)N[C@]3(C(=O)NS(=O)(=O)C4(C)CC4)C[C@H]3/C=C\CCCCC[C@H](NC(=O)OC3CCCC3)C(=O)N2C1. The van der Waals surface area contributed by atoms with Crippen molar-refractivity contribution in [1.82, 2.24) is 25.2 Å². The number of pyridine rings is 1. The molecule has 2 aromatic rings. The number of fused-ring (bicyclic) bond motifs is 5. The third kappa shape index (κ3) is 7.17. The number of rotatable bonds is 5. The normalized spacial score (nSPS) is 31.2. The van der Waals surface area contributed by atoms with Gasteiger partial charge in [-0.1, -0.05) is 25.0 Å². The highest BCUT2D eigenvalue weighted by molar-refractivity contribution is 7.91. The highest BCUT2D eigenvalue weighted by atomic mass is 32.2. The fourth-order valence-electron chi connectivity index (χ4n) is 9.00. The van der Waals surface area contributed by atoms with Crippen LogP contribution in [0, 0.1) is 18.7 Å². The van der Waals surface area contributed by atoms with E-state index < -0.39 is 73.5 Å². The number of nitrogens with one attached hydrogen (secondary N) is 3. The lowest BCUT2D eigenvalue weighted by Crippen LogP contribution is -2.58. The molecule has 0 unspecified atom stereocenters. The van der Waals surface area contributed by atoms with Crippen LogP contribution in [0.4, 0.5) is 9.18 Å². The van der Waals surface area contributed by atoms with Gasteiger partial charge in [-0.05, 0) is 109 Å². The van der Waals surface area contributed by atoms with Gasteiger partial charge < -0.3 is 25.0 Å². The summed E-state index contributed by atoms with van der Waals surface area (Å²) in [6.45, 7) is 3.41. The van der Waals surface area contributed by atoms with E-state index >= 15 is 0 Å². The number of allylic oxidation sites excluding steroid dienone is 1. The number of halogens is 1. The third-order valence-corrected chi connectivity index (χ3v) is 15.0. The van der Waals surface area contributed by atoms with Crippen molar-refractivity contribution in [2.45, 2.75) is 144 Å². The number of carbonyl (C=O) groups excluding carboxylic acids is 4. The van der Waals surface area contributed by atoms with Crippen molar-refractivity contribution in [2.75, 3.05) is 6.54 Å². The first-order chi connectivity index (χ1) is 26.2. The molecular weight excluding hydrogens is 730 g/mol. The summed E-state index contributed by atoms with van der Waals surface area (Å²) in [5.74, 6) is -2.23. The Bertz CT molecular complexity index is 2070. The first-order valence-corrected chi connectivity index (χ1v) is 21.3. The zero-order chi connectivity index (χ0) is 38.8. The summed E-state index contributed by atoms with van der Waals surface area (Å²) in [5.41, 5.74) is -0.533. The van der Waals surface area contributed by atoms with Gasteiger partial charge in [0.05, 0.1) is 22.5 Å². The van der Waals surface area contributed by atoms with Crippen molar-refractivity contribution in [3.63, 3.8) is 0 Å². The predicted octanol–water partition coefficient (Wildman–Crippen LogP) is 4.78. The van der Waals surface area contributed by atoms with Gasteiger partial charge in [-0.2, -0.15) is 0 Å². The summed E-state index contributed by atoms with van der Waals surface area (Å²) < 4.78 is 54.5. The van der Waals surface area contributed by atoms with Crippen LogP contribution in [0.25, 0.3) is 10.9 Å². The maximum Gasteiger partial charge on any atom is 0.408 e. The van der Waals surface area contributed by atoms with E-state index in [1.54, 1.807) is 13.0 Å². The van der Waals surface area contributed by atoms with Crippen LogP contribution < -0.4 is 20.1 Å². The van der Waals surface area contributed by atoms with Crippen molar-refractivity contribution < 1.29 is 41.5 Å². The minimum atomic E-state index is -4.00. The van der Waals surface area contributed by atoms with E-state index in [1.807, 2.05) is 19.1 Å². The molecule has 3 saturated carbocycles. The van der Waals surface area contributed by atoms with E-state index in [2.05, 4.69) is 20.3 Å². The van der Waals surface area contributed by atoms with E-state index in [9.17, 15) is 32.0 Å². The van der Waals surface area contributed by atoms with E-state index in [1.165, 1.54) is 17.0 Å². The molecule has 4 amide bonds. The fourth-order valence-corrected chi connectivity index (χ4v) is 10.3.